The first-order valence-corrected chi connectivity index (χ1v) is 10.2. The highest BCUT2D eigenvalue weighted by Crippen LogP contribution is 2.31. The van der Waals surface area contributed by atoms with E-state index in [4.69, 9.17) is 16.6 Å². The maximum atomic E-state index is 6.66. The first-order chi connectivity index (χ1) is 13.3. The SMILES string of the molecule is Clc1cccc(C2=NCC3CCCN23)c1CCc1cccc2ccccc12. The summed E-state index contributed by atoms with van der Waals surface area (Å²) in [7, 11) is 0. The molecule has 2 aliphatic rings. The summed E-state index contributed by atoms with van der Waals surface area (Å²) >= 11 is 6.66. The number of aliphatic imine (C=N–C) groups is 1. The van der Waals surface area contributed by atoms with Crippen LogP contribution in [0.15, 0.2) is 65.7 Å². The van der Waals surface area contributed by atoms with E-state index in [-0.39, 0.29) is 0 Å². The second-order valence-corrected chi connectivity index (χ2v) is 7.97. The Morgan fingerprint density at radius 3 is 2.78 bits per heavy atom. The van der Waals surface area contributed by atoms with Crippen molar-refractivity contribution < 1.29 is 0 Å². The van der Waals surface area contributed by atoms with Crippen LogP contribution in [0.2, 0.25) is 5.02 Å². The Kier molecular flexibility index (Phi) is 4.37. The Balaban J connectivity index is 1.47. The molecule has 2 aliphatic heterocycles. The lowest BCUT2D eigenvalue weighted by Crippen LogP contribution is -2.32. The monoisotopic (exact) mass is 374 g/mol. The Morgan fingerprint density at radius 2 is 1.81 bits per heavy atom. The van der Waals surface area contributed by atoms with Crippen molar-refractivity contribution in [3.63, 3.8) is 0 Å². The smallest absolute Gasteiger partial charge is 0.131 e. The third kappa shape index (κ3) is 3.02. The van der Waals surface area contributed by atoms with Gasteiger partial charge >= 0.3 is 0 Å². The van der Waals surface area contributed by atoms with Crippen molar-refractivity contribution in [2.24, 2.45) is 4.99 Å². The lowest BCUT2D eigenvalue weighted by molar-refractivity contribution is 0.431. The summed E-state index contributed by atoms with van der Waals surface area (Å²) in [5.74, 6) is 1.16. The average Bonchev–Trinajstić information content (AvgIpc) is 3.31. The van der Waals surface area contributed by atoms with E-state index in [0.717, 1.165) is 36.8 Å². The summed E-state index contributed by atoms with van der Waals surface area (Å²) in [5.41, 5.74) is 3.84. The van der Waals surface area contributed by atoms with Gasteiger partial charge in [0.15, 0.2) is 0 Å². The average molecular weight is 375 g/mol. The Labute approximate surface area is 165 Å². The number of rotatable bonds is 4. The Bertz CT molecular complexity index is 1020. The number of halogens is 1. The van der Waals surface area contributed by atoms with Gasteiger partial charge in [-0.15, -0.1) is 0 Å². The van der Waals surface area contributed by atoms with Crippen molar-refractivity contribution in [1.82, 2.24) is 4.90 Å². The van der Waals surface area contributed by atoms with Gasteiger partial charge in [0.1, 0.15) is 5.84 Å². The van der Waals surface area contributed by atoms with Crippen LogP contribution in [0.3, 0.4) is 0 Å². The molecule has 0 saturated carbocycles. The molecule has 0 N–H and O–H groups in total. The molecule has 3 aromatic carbocycles. The number of nitrogens with zero attached hydrogens (tertiary/aromatic N) is 2. The lowest BCUT2D eigenvalue weighted by Gasteiger charge is -2.22. The normalized spacial score (nSPS) is 18.8. The van der Waals surface area contributed by atoms with E-state index >= 15 is 0 Å². The van der Waals surface area contributed by atoms with Crippen molar-refractivity contribution in [1.29, 1.82) is 0 Å². The molecule has 0 amide bonds. The fourth-order valence-corrected chi connectivity index (χ4v) is 4.89. The molecular weight excluding hydrogens is 352 g/mol. The van der Waals surface area contributed by atoms with Crippen molar-refractivity contribution >= 4 is 28.2 Å². The van der Waals surface area contributed by atoms with Gasteiger partial charge in [-0.1, -0.05) is 66.2 Å². The summed E-state index contributed by atoms with van der Waals surface area (Å²) in [6.07, 6.45) is 4.45. The summed E-state index contributed by atoms with van der Waals surface area (Å²) in [4.78, 5) is 7.37. The molecule has 136 valence electrons. The minimum atomic E-state index is 0.602. The minimum Gasteiger partial charge on any atom is -0.352 e. The molecule has 2 nitrogen and oxygen atoms in total. The van der Waals surface area contributed by atoms with Gasteiger partial charge in [0, 0.05) is 17.1 Å². The number of aryl methyl sites for hydroxylation is 1. The van der Waals surface area contributed by atoms with Crippen LogP contribution in [0, 0.1) is 0 Å². The van der Waals surface area contributed by atoms with E-state index in [2.05, 4.69) is 59.5 Å². The fourth-order valence-electron chi connectivity index (χ4n) is 4.62. The van der Waals surface area contributed by atoms with Crippen LogP contribution in [0.5, 0.6) is 0 Å². The first-order valence-electron chi connectivity index (χ1n) is 9.87. The molecule has 5 rings (SSSR count). The van der Waals surface area contributed by atoms with Gasteiger partial charge < -0.3 is 4.90 Å². The zero-order valence-corrected chi connectivity index (χ0v) is 16.1. The van der Waals surface area contributed by atoms with E-state index in [1.165, 1.54) is 40.3 Å². The zero-order chi connectivity index (χ0) is 18.2. The van der Waals surface area contributed by atoms with Gasteiger partial charge in [-0.2, -0.15) is 0 Å². The quantitative estimate of drug-likeness (QED) is 0.588. The molecule has 0 aromatic heterocycles. The topological polar surface area (TPSA) is 15.6 Å². The molecule has 1 unspecified atom stereocenters. The predicted octanol–water partition coefficient (Wildman–Crippen LogP) is 5.50. The predicted molar refractivity (Wildman–Crippen MR) is 114 cm³/mol. The van der Waals surface area contributed by atoms with Crippen molar-refractivity contribution in [2.75, 3.05) is 13.1 Å². The van der Waals surface area contributed by atoms with E-state index in [0.29, 0.717) is 6.04 Å². The largest absolute Gasteiger partial charge is 0.352 e. The van der Waals surface area contributed by atoms with Crippen LogP contribution in [0.4, 0.5) is 0 Å². The zero-order valence-electron chi connectivity index (χ0n) is 15.4. The number of fused-ring (bicyclic) bond motifs is 2. The van der Waals surface area contributed by atoms with Crippen molar-refractivity contribution in [3.8, 4) is 0 Å². The second kappa shape index (κ2) is 7.01. The molecule has 0 radical (unpaired) electrons. The summed E-state index contributed by atoms with van der Waals surface area (Å²) in [6, 6.07) is 22.1. The maximum Gasteiger partial charge on any atom is 0.131 e. The molecule has 3 aromatic rings. The van der Waals surface area contributed by atoms with Gasteiger partial charge in [-0.25, -0.2) is 0 Å². The second-order valence-electron chi connectivity index (χ2n) is 7.56. The van der Waals surface area contributed by atoms with Crippen LogP contribution < -0.4 is 0 Å². The maximum absolute atomic E-state index is 6.66. The Hall–Kier alpha value is -2.32. The molecule has 1 atom stereocenters. The molecule has 1 saturated heterocycles. The minimum absolute atomic E-state index is 0.602. The molecule has 3 heteroatoms. The Morgan fingerprint density at radius 1 is 0.963 bits per heavy atom. The number of benzene rings is 3. The molecule has 2 heterocycles. The van der Waals surface area contributed by atoms with Crippen LogP contribution in [-0.2, 0) is 12.8 Å². The van der Waals surface area contributed by atoms with Crippen LogP contribution >= 0.6 is 11.6 Å². The highest BCUT2D eigenvalue weighted by atomic mass is 35.5. The summed E-state index contributed by atoms with van der Waals surface area (Å²) in [5, 5.41) is 3.50. The van der Waals surface area contributed by atoms with E-state index < -0.39 is 0 Å². The fraction of sp³-hybridized carbons (Fsp3) is 0.292. The molecule has 0 aliphatic carbocycles. The van der Waals surface area contributed by atoms with Crippen LogP contribution in [-0.4, -0.2) is 29.9 Å². The highest BCUT2D eigenvalue weighted by Gasteiger charge is 2.33. The van der Waals surface area contributed by atoms with Gasteiger partial charge in [0.2, 0.25) is 0 Å². The van der Waals surface area contributed by atoms with Crippen LogP contribution in [0.25, 0.3) is 10.8 Å². The molecule has 0 bridgehead atoms. The van der Waals surface area contributed by atoms with Crippen LogP contribution in [0.1, 0.15) is 29.5 Å². The van der Waals surface area contributed by atoms with E-state index in [9.17, 15) is 0 Å². The third-order valence-corrected chi connectivity index (χ3v) is 6.34. The van der Waals surface area contributed by atoms with E-state index in [1.54, 1.807) is 0 Å². The molecule has 0 spiro atoms. The van der Waals surface area contributed by atoms with Gasteiger partial charge in [-0.3, -0.25) is 4.99 Å². The van der Waals surface area contributed by atoms with Gasteiger partial charge in [0.05, 0.1) is 12.6 Å². The van der Waals surface area contributed by atoms with Crippen molar-refractivity contribution in [3.05, 3.63) is 82.4 Å². The number of hydrogen-bond donors (Lipinski definition) is 0. The summed E-state index contributed by atoms with van der Waals surface area (Å²) in [6.45, 7) is 2.06. The summed E-state index contributed by atoms with van der Waals surface area (Å²) < 4.78 is 0. The van der Waals surface area contributed by atoms with Gasteiger partial charge in [-0.05, 0) is 53.6 Å². The van der Waals surface area contributed by atoms with Crippen molar-refractivity contribution in [2.45, 2.75) is 31.7 Å². The lowest BCUT2D eigenvalue weighted by atomic mass is 9.95. The molecular formula is C24H23ClN2. The number of hydrogen-bond acceptors (Lipinski definition) is 2. The molecule has 27 heavy (non-hydrogen) atoms. The first kappa shape index (κ1) is 16.8. The van der Waals surface area contributed by atoms with Gasteiger partial charge in [0.25, 0.3) is 0 Å². The highest BCUT2D eigenvalue weighted by molar-refractivity contribution is 6.32. The van der Waals surface area contributed by atoms with E-state index in [1.807, 2.05) is 6.07 Å². The standard InChI is InChI=1S/C24H23ClN2/c25-23-12-4-11-22(24-26-16-19-9-5-15-27(19)24)21(23)14-13-18-8-3-7-17-6-1-2-10-20(17)18/h1-4,6-8,10-12,19H,5,9,13-16H2. The third-order valence-electron chi connectivity index (χ3n) is 5.99. The number of amidine groups is 1. The molecule has 1 fully saturated rings.